The third-order valence-corrected chi connectivity index (χ3v) is 3.10. The van der Waals surface area contributed by atoms with E-state index in [9.17, 15) is 27.6 Å². The van der Waals surface area contributed by atoms with Crippen LogP contribution in [0, 0.1) is 23.4 Å². The lowest BCUT2D eigenvalue weighted by molar-refractivity contribution is -0.134. The quantitative estimate of drug-likeness (QED) is 0.686. The van der Waals surface area contributed by atoms with Gasteiger partial charge in [-0.15, -0.1) is 0 Å². The maximum absolute atomic E-state index is 13.7. The summed E-state index contributed by atoms with van der Waals surface area (Å²) in [5.74, 6) is -7.82. The van der Waals surface area contributed by atoms with Gasteiger partial charge in [0.05, 0.1) is 5.69 Å². The Morgan fingerprint density at radius 2 is 1.81 bits per heavy atom. The van der Waals surface area contributed by atoms with E-state index in [0.717, 1.165) is 6.07 Å². The van der Waals surface area contributed by atoms with E-state index < -0.39 is 46.9 Å². The Hall–Kier alpha value is -2.38. The largest absolute Gasteiger partial charge is 0.335 e. The van der Waals surface area contributed by atoms with Crippen molar-refractivity contribution in [3.8, 4) is 0 Å². The van der Waals surface area contributed by atoms with Crippen molar-refractivity contribution in [2.75, 3.05) is 4.90 Å². The van der Waals surface area contributed by atoms with Crippen LogP contribution in [0.25, 0.3) is 0 Å². The maximum atomic E-state index is 13.7. The van der Waals surface area contributed by atoms with E-state index in [0.29, 0.717) is 17.4 Å². The number of amides is 4. The summed E-state index contributed by atoms with van der Waals surface area (Å²) < 4.78 is 39.9. The summed E-state index contributed by atoms with van der Waals surface area (Å²) in [5, 5.41) is 1.90. The number of barbiturate groups is 1. The average Bonchev–Trinajstić information content (AvgIpc) is 2.43. The van der Waals surface area contributed by atoms with Gasteiger partial charge in [0, 0.05) is 0 Å². The normalized spacial score (nSPS) is 19.0. The molecule has 1 saturated heterocycles. The first-order valence-corrected chi connectivity index (χ1v) is 6.20. The Bertz CT molecular complexity index is 633. The van der Waals surface area contributed by atoms with Gasteiger partial charge in [0.25, 0.3) is 0 Å². The minimum absolute atomic E-state index is 0.153. The summed E-state index contributed by atoms with van der Waals surface area (Å²) in [6.07, 6.45) is 0.631. The van der Waals surface area contributed by atoms with Crippen molar-refractivity contribution in [2.24, 2.45) is 5.92 Å². The Morgan fingerprint density at radius 3 is 2.43 bits per heavy atom. The van der Waals surface area contributed by atoms with Crippen LogP contribution in [0.15, 0.2) is 12.1 Å². The molecule has 1 aromatic rings. The van der Waals surface area contributed by atoms with Crippen molar-refractivity contribution < 1.29 is 27.6 Å². The second-order valence-electron chi connectivity index (χ2n) is 4.50. The maximum Gasteiger partial charge on any atom is 0.335 e. The van der Waals surface area contributed by atoms with Gasteiger partial charge in [-0.2, -0.15) is 0 Å². The summed E-state index contributed by atoms with van der Waals surface area (Å²) in [7, 11) is 0. The average molecular weight is 300 g/mol. The SMILES string of the molecule is CCCC1C(=O)NC(=O)N(c2ccc(F)c(F)c2F)C1=O. The molecule has 1 atom stereocenters. The molecule has 1 aromatic carbocycles. The molecule has 0 spiro atoms. The fraction of sp³-hybridized carbons (Fsp3) is 0.308. The number of halogens is 3. The van der Waals surface area contributed by atoms with E-state index >= 15 is 0 Å². The third-order valence-electron chi connectivity index (χ3n) is 3.10. The lowest BCUT2D eigenvalue weighted by atomic mass is 9.99. The minimum atomic E-state index is -1.79. The summed E-state index contributed by atoms with van der Waals surface area (Å²) in [6.45, 7) is 1.72. The van der Waals surface area contributed by atoms with E-state index in [1.165, 1.54) is 0 Å². The molecule has 4 amide bonds. The Labute approximate surface area is 117 Å². The highest BCUT2D eigenvalue weighted by Crippen LogP contribution is 2.27. The molecule has 2 rings (SSSR count). The fourth-order valence-corrected chi connectivity index (χ4v) is 2.08. The van der Waals surface area contributed by atoms with E-state index in [1.54, 1.807) is 6.92 Å². The van der Waals surface area contributed by atoms with Crippen molar-refractivity contribution >= 4 is 23.5 Å². The van der Waals surface area contributed by atoms with Crippen LogP contribution in [-0.2, 0) is 9.59 Å². The lowest BCUT2D eigenvalue weighted by Gasteiger charge is -2.30. The molecular formula is C13H11F3N2O3. The smallest absolute Gasteiger partial charge is 0.277 e. The van der Waals surface area contributed by atoms with Crippen LogP contribution >= 0.6 is 0 Å². The molecular weight excluding hydrogens is 289 g/mol. The van der Waals surface area contributed by atoms with E-state index in [1.807, 2.05) is 5.32 Å². The monoisotopic (exact) mass is 300 g/mol. The number of carbonyl (C=O) groups is 3. The van der Waals surface area contributed by atoms with Crippen molar-refractivity contribution in [1.29, 1.82) is 0 Å². The molecule has 0 saturated carbocycles. The molecule has 8 heteroatoms. The standard InChI is InChI=1S/C13H11F3N2O3/c1-2-3-6-11(19)17-13(21)18(12(6)20)8-5-4-7(14)9(15)10(8)16/h4-6H,2-3H2,1H3,(H,17,19,21). The molecule has 0 radical (unpaired) electrons. The number of anilines is 1. The molecule has 1 heterocycles. The summed E-state index contributed by atoms with van der Waals surface area (Å²) >= 11 is 0. The molecule has 1 aliphatic heterocycles. The fourth-order valence-electron chi connectivity index (χ4n) is 2.08. The molecule has 112 valence electrons. The van der Waals surface area contributed by atoms with Crippen LogP contribution < -0.4 is 10.2 Å². The predicted molar refractivity (Wildman–Crippen MR) is 65.7 cm³/mol. The molecule has 0 aliphatic carbocycles. The van der Waals surface area contributed by atoms with Crippen LogP contribution in [0.2, 0.25) is 0 Å². The van der Waals surface area contributed by atoms with E-state index in [4.69, 9.17) is 0 Å². The van der Waals surface area contributed by atoms with Crippen molar-refractivity contribution in [1.82, 2.24) is 5.32 Å². The molecule has 0 bridgehead atoms. The minimum Gasteiger partial charge on any atom is -0.277 e. The highest BCUT2D eigenvalue weighted by Gasteiger charge is 2.42. The summed E-state index contributed by atoms with van der Waals surface area (Å²) in [4.78, 5) is 35.8. The molecule has 1 N–H and O–H groups in total. The molecule has 5 nitrogen and oxygen atoms in total. The highest BCUT2D eigenvalue weighted by molar-refractivity contribution is 6.27. The van der Waals surface area contributed by atoms with E-state index in [2.05, 4.69) is 0 Å². The molecule has 1 unspecified atom stereocenters. The number of rotatable bonds is 3. The number of urea groups is 1. The Balaban J connectivity index is 2.47. The zero-order valence-electron chi connectivity index (χ0n) is 11.0. The van der Waals surface area contributed by atoms with Gasteiger partial charge >= 0.3 is 6.03 Å². The van der Waals surface area contributed by atoms with Gasteiger partial charge in [-0.3, -0.25) is 14.9 Å². The third kappa shape index (κ3) is 2.48. The van der Waals surface area contributed by atoms with Crippen molar-refractivity contribution in [3.63, 3.8) is 0 Å². The van der Waals surface area contributed by atoms with Gasteiger partial charge < -0.3 is 0 Å². The van der Waals surface area contributed by atoms with Gasteiger partial charge in [-0.1, -0.05) is 13.3 Å². The first-order chi connectivity index (χ1) is 9.88. The first kappa shape index (κ1) is 15.0. The van der Waals surface area contributed by atoms with Gasteiger partial charge in [-0.05, 0) is 18.6 Å². The van der Waals surface area contributed by atoms with Crippen LogP contribution in [0.5, 0.6) is 0 Å². The van der Waals surface area contributed by atoms with Gasteiger partial charge in [0.15, 0.2) is 17.5 Å². The predicted octanol–water partition coefficient (Wildman–Crippen LogP) is 2.10. The second-order valence-corrected chi connectivity index (χ2v) is 4.50. The molecule has 1 fully saturated rings. The number of imide groups is 2. The van der Waals surface area contributed by atoms with Gasteiger partial charge in [0.2, 0.25) is 11.8 Å². The molecule has 0 aromatic heterocycles. The van der Waals surface area contributed by atoms with Gasteiger partial charge in [0.1, 0.15) is 5.92 Å². The van der Waals surface area contributed by atoms with Crippen LogP contribution in [0.4, 0.5) is 23.7 Å². The summed E-state index contributed by atoms with van der Waals surface area (Å²) in [5.41, 5.74) is -0.731. The topological polar surface area (TPSA) is 66.5 Å². The van der Waals surface area contributed by atoms with Crippen molar-refractivity contribution in [3.05, 3.63) is 29.6 Å². The number of hydrogen-bond acceptors (Lipinski definition) is 3. The highest BCUT2D eigenvalue weighted by atomic mass is 19.2. The van der Waals surface area contributed by atoms with Gasteiger partial charge in [-0.25, -0.2) is 22.9 Å². The second kappa shape index (κ2) is 5.55. The zero-order chi connectivity index (χ0) is 15.7. The zero-order valence-corrected chi connectivity index (χ0v) is 11.0. The van der Waals surface area contributed by atoms with Crippen LogP contribution in [0.1, 0.15) is 19.8 Å². The Kier molecular flexibility index (Phi) is 3.97. The number of carbonyl (C=O) groups excluding carboxylic acids is 3. The number of hydrogen-bond donors (Lipinski definition) is 1. The van der Waals surface area contributed by atoms with Crippen LogP contribution in [0.3, 0.4) is 0 Å². The lowest BCUT2D eigenvalue weighted by Crippen LogP contribution is -2.58. The molecule has 21 heavy (non-hydrogen) atoms. The molecule has 1 aliphatic rings. The Morgan fingerprint density at radius 1 is 1.14 bits per heavy atom. The number of nitrogens with one attached hydrogen (secondary N) is 1. The first-order valence-electron chi connectivity index (χ1n) is 6.20. The number of nitrogens with zero attached hydrogens (tertiary/aromatic N) is 1. The number of benzene rings is 1. The van der Waals surface area contributed by atoms with E-state index in [-0.39, 0.29) is 6.42 Å². The van der Waals surface area contributed by atoms with Crippen molar-refractivity contribution in [2.45, 2.75) is 19.8 Å². The van der Waals surface area contributed by atoms with Crippen LogP contribution in [-0.4, -0.2) is 17.8 Å². The summed E-state index contributed by atoms with van der Waals surface area (Å²) in [6, 6.07) is 0.172.